The van der Waals surface area contributed by atoms with Crippen LogP contribution in [0.2, 0.25) is 0 Å². The fourth-order valence-corrected chi connectivity index (χ4v) is 3.43. The normalized spacial score (nSPS) is 19.0. The first kappa shape index (κ1) is 21.3. The van der Waals surface area contributed by atoms with Gasteiger partial charge < -0.3 is 26.2 Å². The molecule has 2 aromatic rings. The van der Waals surface area contributed by atoms with Crippen LogP contribution in [0.1, 0.15) is 24.8 Å². The molecule has 8 heteroatoms. The number of nitrogens with two attached hydrogens (primary N) is 1. The van der Waals surface area contributed by atoms with Gasteiger partial charge in [-0.3, -0.25) is 10.8 Å². The van der Waals surface area contributed by atoms with Crippen LogP contribution in [0.3, 0.4) is 0 Å². The van der Waals surface area contributed by atoms with Crippen molar-refractivity contribution in [1.29, 1.82) is 10.8 Å². The maximum Gasteiger partial charge on any atom is 0.128 e. The lowest BCUT2D eigenvalue weighted by Gasteiger charge is -2.21. The van der Waals surface area contributed by atoms with Crippen molar-refractivity contribution in [3.63, 3.8) is 0 Å². The van der Waals surface area contributed by atoms with Gasteiger partial charge in [-0.05, 0) is 67.8 Å². The van der Waals surface area contributed by atoms with Crippen molar-refractivity contribution in [1.82, 2.24) is 10.6 Å². The molecule has 0 bridgehead atoms. The molecule has 0 radical (unpaired) electrons. The van der Waals surface area contributed by atoms with Gasteiger partial charge in [0.15, 0.2) is 0 Å². The summed E-state index contributed by atoms with van der Waals surface area (Å²) in [4.78, 5) is 0. The highest BCUT2D eigenvalue weighted by molar-refractivity contribution is 6.27. The lowest BCUT2D eigenvalue weighted by Crippen LogP contribution is -2.37. The predicted molar refractivity (Wildman–Crippen MR) is 115 cm³/mol. The SMILES string of the molecule is CN/C(NC1CCC(O)C1)=C(\C(=N)N)C(=N)c1ccc(Oc2ccc(F)cc2)cc1. The van der Waals surface area contributed by atoms with Crippen LogP contribution in [0.15, 0.2) is 59.9 Å². The molecule has 30 heavy (non-hydrogen) atoms. The molecular formula is C22H26FN5O2. The Labute approximate surface area is 174 Å². The van der Waals surface area contributed by atoms with Crippen LogP contribution in [0.4, 0.5) is 4.39 Å². The van der Waals surface area contributed by atoms with Crippen molar-refractivity contribution < 1.29 is 14.2 Å². The van der Waals surface area contributed by atoms with Gasteiger partial charge in [-0.25, -0.2) is 4.39 Å². The molecule has 0 aliphatic heterocycles. The molecule has 0 aromatic heterocycles. The lowest BCUT2D eigenvalue weighted by molar-refractivity contribution is 0.180. The maximum atomic E-state index is 13.0. The summed E-state index contributed by atoms with van der Waals surface area (Å²) in [6, 6.07) is 12.6. The number of benzene rings is 2. The smallest absolute Gasteiger partial charge is 0.128 e. The second-order valence-electron chi connectivity index (χ2n) is 7.18. The number of amidine groups is 1. The molecule has 7 nitrogen and oxygen atoms in total. The molecule has 3 rings (SSSR count). The molecule has 1 fully saturated rings. The van der Waals surface area contributed by atoms with Crippen molar-refractivity contribution in [3.05, 3.63) is 71.3 Å². The summed E-state index contributed by atoms with van der Waals surface area (Å²) < 4.78 is 18.7. The average molecular weight is 411 g/mol. The summed E-state index contributed by atoms with van der Waals surface area (Å²) >= 11 is 0. The van der Waals surface area contributed by atoms with Crippen LogP contribution in [-0.4, -0.2) is 35.8 Å². The molecule has 2 aromatic carbocycles. The Balaban J connectivity index is 1.79. The van der Waals surface area contributed by atoms with E-state index in [4.69, 9.17) is 21.3 Å². The third-order valence-corrected chi connectivity index (χ3v) is 4.97. The van der Waals surface area contributed by atoms with E-state index in [1.807, 2.05) is 0 Å². The highest BCUT2D eigenvalue weighted by atomic mass is 19.1. The first-order valence-electron chi connectivity index (χ1n) is 9.71. The number of hydrogen-bond donors (Lipinski definition) is 6. The largest absolute Gasteiger partial charge is 0.457 e. The summed E-state index contributed by atoms with van der Waals surface area (Å²) in [6.45, 7) is 0. The molecule has 2 atom stereocenters. The Morgan fingerprint density at radius 2 is 1.67 bits per heavy atom. The number of aliphatic hydroxyl groups is 1. The van der Waals surface area contributed by atoms with Gasteiger partial charge in [-0.2, -0.15) is 0 Å². The molecule has 1 saturated carbocycles. The van der Waals surface area contributed by atoms with Gasteiger partial charge in [-0.1, -0.05) is 0 Å². The zero-order valence-electron chi connectivity index (χ0n) is 16.7. The van der Waals surface area contributed by atoms with Gasteiger partial charge in [0.25, 0.3) is 0 Å². The lowest BCUT2D eigenvalue weighted by atomic mass is 10.0. The Morgan fingerprint density at radius 3 is 2.17 bits per heavy atom. The minimum absolute atomic E-state index is 0.0519. The fourth-order valence-electron chi connectivity index (χ4n) is 3.43. The molecule has 0 amide bonds. The van der Waals surface area contributed by atoms with E-state index in [2.05, 4.69) is 10.6 Å². The summed E-state index contributed by atoms with van der Waals surface area (Å²) in [7, 11) is 1.70. The van der Waals surface area contributed by atoms with Gasteiger partial charge in [0, 0.05) is 18.7 Å². The van der Waals surface area contributed by atoms with E-state index in [1.54, 1.807) is 31.3 Å². The van der Waals surface area contributed by atoms with Crippen LogP contribution >= 0.6 is 0 Å². The van der Waals surface area contributed by atoms with Crippen molar-refractivity contribution in [2.45, 2.75) is 31.4 Å². The number of hydrogen-bond acceptors (Lipinski definition) is 6. The number of ether oxygens (including phenoxy) is 1. The van der Waals surface area contributed by atoms with Gasteiger partial charge in [0.05, 0.1) is 17.4 Å². The topological polar surface area (TPSA) is 127 Å². The average Bonchev–Trinajstić information content (AvgIpc) is 3.14. The zero-order valence-corrected chi connectivity index (χ0v) is 16.7. The second-order valence-corrected chi connectivity index (χ2v) is 7.18. The second kappa shape index (κ2) is 9.41. The zero-order chi connectivity index (χ0) is 21.7. The Kier molecular flexibility index (Phi) is 6.68. The van der Waals surface area contributed by atoms with E-state index in [0.717, 1.165) is 12.8 Å². The minimum atomic E-state index is -0.338. The van der Waals surface area contributed by atoms with E-state index in [1.165, 1.54) is 24.3 Å². The van der Waals surface area contributed by atoms with Crippen molar-refractivity contribution in [3.8, 4) is 11.5 Å². The molecular weight excluding hydrogens is 385 g/mol. The monoisotopic (exact) mass is 411 g/mol. The van der Waals surface area contributed by atoms with Crippen LogP contribution in [0.5, 0.6) is 11.5 Å². The summed E-state index contributed by atoms with van der Waals surface area (Å²) in [6.07, 6.45) is 1.80. The number of rotatable bonds is 8. The molecule has 0 saturated heterocycles. The molecule has 0 spiro atoms. The van der Waals surface area contributed by atoms with Crippen LogP contribution in [-0.2, 0) is 0 Å². The molecule has 158 valence electrons. The summed E-state index contributed by atoms with van der Waals surface area (Å²) in [5.41, 5.74) is 6.70. The van der Waals surface area contributed by atoms with Gasteiger partial charge in [0.1, 0.15) is 29.0 Å². The Hall–Kier alpha value is -3.39. The van der Waals surface area contributed by atoms with Crippen molar-refractivity contribution in [2.75, 3.05) is 7.05 Å². The maximum absolute atomic E-state index is 13.0. The third kappa shape index (κ3) is 5.15. The molecule has 1 aliphatic rings. The highest BCUT2D eigenvalue weighted by Crippen LogP contribution is 2.24. The molecule has 0 heterocycles. The number of aliphatic hydroxyl groups excluding tert-OH is 1. The van der Waals surface area contributed by atoms with Crippen LogP contribution in [0.25, 0.3) is 0 Å². The highest BCUT2D eigenvalue weighted by Gasteiger charge is 2.25. The predicted octanol–water partition coefficient (Wildman–Crippen LogP) is 2.86. The van der Waals surface area contributed by atoms with Crippen LogP contribution < -0.4 is 21.1 Å². The van der Waals surface area contributed by atoms with Gasteiger partial charge in [-0.15, -0.1) is 0 Å². The van der Waals surface area contributed by atoms with Crippen molar-refractivity contribution >= 4 is 11.5 Å². The Bertz CT molecular complexity index is 941. The standard InChI is InChI=1S/C22H26FN5O2/c1-27-22(28-15-6-7-16(29)12-15)19(21(25)26)20(24)13-2-8-17(9-3-13)30-18-10-4-14(23)5-11-18/h2-5,8-11,15-16,24,27-29H,6-7,12H2,1H3,(H3,25,26)/b22-19+,24-20?. The first-order chi connectivity index (χ1) is 14.4. The van der Waals surface area contributed by atoms with E-state index >= 15 is 0 Å². The van der Waals surface area contributed by atoms with E-state index in [-0.39, 0.29) is 35.1 Å². The molecule has 2 unspecified atom stereocenters. The van der Waals surface area contributed by atoms with Crippen molar-refractivity contribution in [2.24, 2.45) is 5.73 Å². The summed E-state index contributed by atoms with van der Waals surface area (Å²) in [5.74, 6) is 0.957. The van der Waals surface area contributed by atoms with E-state index in [9.17, 15) is 9.50 Å². The van der Waals surface area contributed by atoms with Crippen LogP contribution in [0, 0.1) is 16.6 Å². The quantitative estimate of drug-likeness (QED) is 0.294. The number of nitrogens with one attached hydrogen (secondary N) is 4. The Morgan fingerprint density at radius 1 is 1.07 bits per heavy atom. The molecule has 1 aliphatic carbocycles. The van der Waals surface area contributed by atoms with Gasteiger partial charge >= 0.3 is 0 Å². The first-order valence-corrected chi connectivity index (χ1v) is 9.71. The third-order valence-electron chi connectivity index (χ3n) is 4.97. The fraction of sp³-hybridized carbons (Fsp3) is 0.273. The molecule has 7 N–H and O–H groups in total. The number of halogens is 1. The van der Waals surface area contributed by atoms with Gasteiger partial charge in [0.2, 0.25) is 0 Å². The summed E-state index contributed by atoms with van der Waals surface area (Å²) in [5, 5.41) is 32.6. The van der Waals surface area contributed by atoms with E-state index in [0.29, 0.717) is 29.3 Å². The minimum Gasteiger partial charge on any atom is -0.457 e. The van der Waals surface area contributed by atoms with E-state index < -0.39 is 0 Å².